The number of aryl methyl sites for hydroxylation is 1. The highest BCUT2D eigenvalue weighted by Crippen LogP contribution is 2.30. The Kier molecular flexibility index (Phi) is 5.55. The lowest BCUT2D eigenvalue weighted by molar-refractivity contribution is -0.384. The average molecular weight is 436 g/mol. The predicted molar refractivity (Wildman–Crippen MR) is 122 cm³/mol. The molecule has 0 atom stereocenters. The number of rotatable bonds is 6. The summed E-state index contributed by atoms with van der Waals surface area (Å²) < 4.78 is 1.82. The number of fused-ring (bicyclic) bond motifs is 1. The van der Waals surface area contributed by atoms with E-state index < -0.39 is 10.8 Å². The Bertz CT molecular complexity index is 1190. The SMILES string of the molecule is CCCCC1=NN2C(=N)/C(=C/c3cccn3-c3ccc([N+](=O)[O-])cc3C)C(=O)N=C2S1. The van der Waals surface area contributed by atoms with Gasteiger partial charge in [-0.25, -0.2) is 0 Å². The monoisotopic (exact) mass is 436 g/mol. The van der Waals surface area contributed by atoms with Gasteiger partial charge in [0, 0.05) is 29.7 Å². The fraction of sp³-hybridized carbons (Fsp3) is 0.238. The molecule has 1 aromatic heterocycles. The minimum atomic E-state index is -0.483. The zero-order valence-electron chi connectivity index (χ0n) is 17.0. The summed E-state index contributed by atoms with van der Waals surface area (Å²) in [5.74, 6) is -0.494. The maximum absolute atomic E-state index is 12.7. The summed E-state index contributed by atoms with van der Waals surface area (Å²) >= 11 is 1.33. The summed E-state index contributed by atoms with van der Waals surface area (Å²) in [4.78, 5) is 27.4. The van der Waals surface area contributed by atoms with E-state index in [9.17, 15) is 14.9 Å². The number of hydrogen-bond acceptors (Lipinski definition) is 6. The molecule has 0 saturated carbocycles. The van der Waals surface area contributed by atoms with E-state index in [1.54, 1.807) is 25.3 Å². The molecule has 158 valence electrons. The molecule has 0 fully saturated rings. The third kappa shape index (κ3) is 3.93. The molecule has 1 N–H and O–H groups in total. The maximum atomic E-state index is 12.7. The third-order valence-electron chi connectivity index (χ3n) is 4.96. The van der Waals surface area contributed by atoms with Crippen molar-refractivity contribution in [2.75, 3.05) is 0 Å². The van der Waals surface area contributed by atoms with Crippen molar-refractivity contribution in [1.29, 1.82) is 5.41 Å². The van der Waals surface area contributed by atoms with Gasteiger partial charge < -0.3 is 4.57 Å². The first-order valence-electron chi connectivity index (χ1n) is 9.81. The lowest BCUT2D eigenvalue weighted by atomic mass is 10.1. The van der Waals surface area contributed by atoms with Crippen molar-refractivity contribution in [1.82, 2.24) is 9.58 Å². The Morgan fingerprint density at radius 3 is 2.84 bits per heavy atom. The number of amidine groups is 2. The van der Waals surface area contributed by atoms with E-state index in [0.717, 1.165) is 35.6 Å². The van der Waals surface area contributed by atoms with Crippen molar-refractivity contribution in [3.8, 4) is 5.69 Å². The lowest BCUT2D eigenvalue weighted by Crippen LogP contribution is -2.35. The first-order valence-corrected chi connectivity index (χ1v) is 10.6. The van der Waals surface area contributed by atoms with E-state index in [1.165, 1.54) is 28.9 Å². The van der Waals surface area contributed by atoms with Gasteiger partial charge in [0.25, 0.3) is 11.6 Å². The quantitative estimate of drug-likeness (QED) is 0.406. The van der Waals surface area contributed by atoms with Crippen molar-refractivity contribution in [3.05, 3.63) is 63.5 Å². The van der Waals surface area contributed by atoms with E-state index >= 15 is 0 Å². The molecule has 31 heavy (non-hydrogen) atoms. The van der Waals surface area contributed by atoms with Crippen molar-refractivity contribution in [2.24, 2.45) is 10.1 Å². The Morgan fingerprint density at radius 1 is 1.32 bits per heavy atom. The van der Waals surface area contributed by atoms with E-state index in [4.69, 9.17) is 5.41 Å². The van der Waals surface area contributed by atoms with Crippen molar-refractivity contribution in [2.45, 2.75) is 33.1 Å². The molecule has 3 heterocycles. The molecule has 1 amide bonds. The molecular formula is C21H20N6O3S. The molecule has 0 radical (unpaired) electrons. The molecule has 2 aliphatic heterocycles. The molecule has 0 bridgehead atoms. The van der Waals surface area contributed by atoms with Gasteiger partial charge in [-0.1, -0.05) is 13.3 Å². The van der Waals surface area contributed by atoms with Gasteiger partial charge in [0.05, 0.1) is 10.5 Å². The number of amides is 1. The lowest BCUT2D eigenvalue weighted by Gasteiger charge is -2.20. The summed E-state index contributed by atoms with van der Waals surface area (Å²) in [5, 5.41) is 26.7. The molecule has 10 heteroatoms. The number of aromatic nitrogens is 1. The molecule has 0 saturated heterocycles. The molecule has 1 aromatic carbocycles. The summed E-state index contributed by atoms with van der Waals surface area (Å²) in [6.45, 7) is 3.89. The number of unbranched alkanes of at least 4 members (excludes halogenated alkanes) is 1. The third-order valence-corrected chi connectivity index (χ3v) is 5.93. The Morgan fingerprint density at radius 2 is 2.13 bits per heavy atom. The van der Waals surface area contributed by atoms with Crippen LogP contribution in [-0.4, -0.2) is 36.5 Å². The summed E-state index contributed by atoms with van der Waals surface area (Å²) in [5.41, 5.74) is 2.28. The highest BCUT2D eigenvalue weighted by atomic mass is 32.2. The van der Waals surface area contributed by atoms with Crippen LogP contribution >= 0.6 is 11.8 Å². The number of thioether (sulfide) groups is 1. The number of hydrogen-bond donors (Lipinski definition) is 1. The fourth-order valence-corrected chi connectivity index (χ4v) is 4.29. The molecule has 0 spiro atoms. The normalized spacial score (nSPS) is 17.1. The van der Waals surface area contributed by atoms with Gasteiger partial charge in [0.15, 0.2) is 5.84 Å². The minimum absolute atomic E-state index is 0.0119. The highest BCUT2D eigenvalue weighted by molar-refractivity contribution is 8.26. The molecule has 0 aliphatic carbocycles. The van der Waals surface area contributed by atoms with Gasteiger partial charge >= 0.3 is 0 Å². The van der Waals surface area contributed by atoms with E-state index in [0.29, 0.717) is 10.9 Å². The molecule has 2 aromatic rings. The number of carbonyl (C=O) groups excluding carboxylic acids is 1. The standard InChI is InChI=1S/C21H20N6O3S/c1-3-4-7-18-24-26-19(22)16(20(28)23-21(26)31-18)12-14-6-5-10-25(14)17-9-8-15(27(29)30)11-13(17)2/h5-6,8-12,22H,3-4,7H2,1-2H3/b16-12-,22-19?. The van der Waals surface area contributed by atoms with Gasteiger partial charge in [0.2, 0.25) is 5.17 Å². The number of non-ortho nitro benzene ring substituents is 1. The highest BCUT2D eigenvalue weighted by Gasteiger charge is 2.35. The molecule has 9 nitrogen and oxygen atoms in total. The number of nitrogens with zero attached hydrogens (tertiary/aromatic N) is 5. The smallest absolute Gasteiger partial charge is 0.283 e. The van der Waals surface area contributed by atoms with Crippen molar-refractivity contribution >= 4 is 45.5 Å². The van der Waals surface area contributed by atoms with Crippen LogP contribution in [0, 0.1) is 22.4 Å². The van der Waals surface area contributed by atoms with Gasteiger partial charge in [0.1, 0.15) is 5.04 Å². The number of nitro benzene ring substituents is 1. The Balaban J connectivity index is 1.68. The predicted octanol–water partition coefficient (Wildman–Crippen LogP) is 4.50. The van der Waals surface area contributed by atoms with Crippen molar-refractivity contribution < 1.29 is 9.72 Å². The van der Waals surface area contributed by atoms with Gasteiger partial charge in [-0.15, -0.1) is 0 Å². The zero-order valence-corrected chi connectivity index (χ0v) is 17.8. The zero-order chi connectivity index (χ0) is 22.1. The minimum Gasteiger partial charge on any atom is -0.317 e. The number of benzene rings is 1. The summed E-state index contributed by atoms with van der Waals surface area (Å²) in [6, 6.07) is 8.23. The molecule has 2 aliphatic rings. The average Bonchev–Trinajstić information content (AvgIpc) is 3.36. The molecule has 4 rings (SSSR count). The van der Waals surface area contributed by atoms with Crippen LogP contribution in [0.2, 0.25) is 0 Å². The van der Waals surface area contributed by atoms with E-state index in [-0.39, 0.29) is 17.1 Å². The number of nitro groups is 1. The maximum Gasteiger partial charge on any atom is 0.283 e. The van der Waals surface area contributed by atoms with Crippen LogP contribution in [0.25, 0.3) is 11.8 Å². The van der Waals surface area contributed by atoms with Gasteiger partial charge in [-0.2, -0.15) is 15.1 Å². The number of nitrogens with one attached hydrogen (secondary N) is 1. The van der Waals surface area contributed by atoms with E-state index in [1.807, 2.05) is 16.7 Å². The first-order chi connectivity index (χ1) is 14.9. The van der Waals surface area contributed by atoms with Gasteiger partial charge in [-0.3, -0.25) is 20.3 Å². The number of aliphatic imine (C=N–C) groups is 1. The van der Waals surface area contributed by atoms with Crippen molar-refractivity contribution in [3.63, 3.8) is 0 Å². The first kappa shape index (κ1) is 20.7. The second-order valence-corrected chi connectivity index (χ2v) is 8.19. The number of hydrazone groups is 1. The van der Waals surface area contributed by atoms with E-state index in [2.05, 4.69) is 17.0 Å². The second kappa shape index (κ2) is 8.31. The topological polar surface area (TPSA) is 117 Å². The van der Waals surface area contributed by atoms with Crippen LogP contribution < -0.4 is 0 Å². The molecule has 0 unspecified atom stereocenters. The number of carbonyl (C=O) groups is 1. The Hall–Kier alpha value is -3.53. The van der Waals surface area contributed by atoms with Gasteiger partial charge in [-0.05, 0) is 61.4 Å². The summed E-state index contributed by atoms with van der Waals surface area (Å²) in [7, 11) is 0. The Labute approximate surface area is 182 Å². The summed E-state index contributed by atoms with van der Waals surface area (Å²) in [6.07, 6.45) is 6.22. The van der Waals surface area contributed by atoms with Crippen LogP contribution in [-0.2, 0) is 4.79 Å². The molecular weight excluding hydrogens is 416 g/mol. The van der Waals surface area contributed by atoms with Crippen LogP contribution in [0.3, 0.4) is 0 Å². The second-order valence-electron chi connectivity index (χ2n) is 7.15. The van der Waals surface area contributed by atoms with Crippen LogP contribution in [0.15, 0.2) is 52.2 Å². The fourth-order valence-electron chi connectivity index (χ4n) is 3.36. The van der Waals surface area contributed by atoms with Crippen LogP contribution in [0.1, 0.15) is 37.4 Å². The van der Waals surface area contributed by atoms with Crippen LogP contribution in [0.4, 0.5) is 5.69 Å². The largest absolute Gasteiger partial charge is 0.317 e. The van der Waals surface area contributed by atoms with Crippen LogP contribution in [0.5, 0.6) is 0 Å².